The Bertz CT molecular complexity index is 542. The van der Waals surface area contributed by atoms with Crippen molar-refractivity contribution in [2.24, 2.45) is 0 Å². The van der Waals surface area contributed by atoms with E-state index in [0.29, 0.717) is 17.3 Å². The molecule has 0 radical (unpaired) electrons. The predicted octanol–water partition coefficient (Wildman–Crippen LogP) is 3.03. The molecule has 2 aromatic rings. The quantitative estimate of drug-likeness (QED) is 0.835. The maximum atomic E-state index is 12.6. The van der Waals surface area contributed by atoms with Crippen molar-refractivity contribution in [2.75, 3.05) is 6.61 Å². The van der Waals surface area contributed by atoms with Gasteiger partial charge in [0.25, 0.3) is 0 Å². The minimum absolute atomic E-state index is 0.0793. The zero-order valence-corrected chi connectivity index (χ0v) is 9.23. The van der Waals surface area contributed by atoms with Crippen LogP contribution in [0.1, 0.15) is 16.8 Å². The Hall–Kier alpha value is -1.49. The standard InChI is InChI=1S/C12H12F3NO/c1-7-9(4-5-17)10-6-8(12(13,14)15)2-3-11(10)16-7/h2-3,6,16-17H,4-5H2,1H3. The van der Waals surface area contributed by atoms with Gasteiger partial charge in [-0.1, -0.05) is 0 Å². The molecule has 0 bridgehead atoms. The molecule has 0 aliphatic heterocycles. The molecule has 2 nitrogen and oxygen atoms in total. The normalized spacial score (nSPS) is 12.3. The van der Waals surface area contributed by atoms with Crippen LogP contribution in [-0.2, 0) is 12.6 Å². The minimum Gasteiger partial charge on any atom is -0.396 e. The lowest BCUT2D eigenvalue weighted by Crippen LogP contribution is -2.04. The van der Waals surface area contributed by atoms with Gasteiger partial charge in [-0.05, 0) is 37.1 Å². The first kappa shape index (κ1) is 12.0. The highest BCUT2D eigenvalue weighted by molar-refractivity contribution is 5.85. The molecule has 2 N–H and O–H groups in total. The van der Waals surface area contributed by atoms with Gasteiger partial charge in [0.1, 0.15) is 0 Å². The summed E-state index contributed by atoms with van der Waals surface area (Å²) in [5, 5.41) is 9.45. The van der Waals surface area contributed by atoms with Gasteiger partial charge in [-0.25, -0.2) is 0 Å². The van der Waals surface area contributed by atoms with Gasteiger partial charge >= 0.3 is 6.18 Å². The van der Waals surface area contributed by atoms with Crippen LogP contribution in [0.5, 0.6) is 0 Å². The Morgan fingerprint density at radius 1 is 1.29 bits per heavy atom. The summed E-state index contributed by atoms with van der Waals surface area (Å²) >= 11 is 0. The Morgan fingerprint density at radius 2 is 2.00 bits per heavy atom. The van der Waals surface area contributed by atoms with Gasteiger partial charge in [0, 0.05) is 23.2 Å². The summed E-state index contributed by atoms with van der Waals surface area (Å²) in [6.07, 6.45) is -3.98. The van der Waals surface area contributed by atoms with Crippen LogP contribution in [0.25, 0.3) is 10.9 Å². The molecular formula is C12H12F3NO. The second kappa shape index (κ2) is 4.07. The van der Waals surface area contributed by atoms with Crippen LogP contribution >= 0.6 is 0 Å². The van der Waals surface area contributed by atoms with Crippen LogP contribution in [0.2, 0.25) is 0 Å². The number of aliphatic hydroxyl groups is 1. The number of fused-ring (bicyclic) bond motifs is 1. The predicted molar refractivity (Wildman–Crippen MR) is 58.8 cm³/mol. The number of aliphatic hydroxyl groups excluding tert-OH is 1. The lowest BCUT2D eigenvalue weighted by Gasteiger charge is -2.06. The molecule has 0 spiro atoms. The molecule has 0 saturated heterocycles. The molecule has 1 aromatic heterocycles. The number of H-pyrrole nitrogens is 1. The van der Waals surface area contributed by atoms with E-state index >= 15 is 0 Å². The molecule has 17 heavy (non-hydrogen) atoms. The lowest BCUT2D eigenvalue weighted by molar-refractivity contribution is -0.137. The van der Waals surface area contributed by atoms with E-state index in [-0.39, 0.29) is 6.61 Å². The van der Waals surface area contributed by atoms with Crippen molar-refractivity contribution >= 4 is 10.9 Å². The SMILES string of the molecule is Cc1[nH]c2ccc(C(F)(F)F)cc2c1CCO. The minimum atomic E-state index is -4.34. The van der Waals surface area contributed by atoms with Crippen LogP contribution < -0.4 is 0 Å². The van der Waals surface area contributed by atoms with Gasteiger partial charge in [0.05, 0.1) is 5.56 Å². The van der Waals surface area contributed by atoms with Crippen molar-refractivity contribution in [3.05, 3.63) is 35.0 Å². The molecular weight excluding hydrogens is 231 g/mol. The summed E-state index contributed by atoms with van der Waals surface area (Å²) in [5.74, 6) is 0. The molecule has 1 heterocycles. The molecule has 0 unspecified atom stereocenters. The van der Waals surface area contributed by atoms with Gasteiger partial charge in [-0.15, -0.1) is 0 Å². The zero-order chi connectivity index (χ0) is 12.6. The van der Waals surface area contributed by atoms with Gasteiger partial charge in [0.2, 0.25) is 0 Å². The zero-order valence-electron chi connectivity index (χ0n) is 9.23. The Balaban J connectivity index is 2.62. The second-order valence-corrected chi connectivity index (χ2v) is 3.96. The third-order valence-corrected chi connectivity index (χ3v) is 2.81. The molecule has 0 aliphatic rings. The maximum absolute atomic E-state index is 12.6. The number of hydrogen-bond acceptors (Lipinski definition) is 1. The van der Waals surface area contributed by atoms with Crippen molar-refractivity contribution in [1.82, 2.24) is 4.98 Å². The van der Waals surface area contributed by atoms with Gasteiger partial charge < -0.3 is 10.1 Å². The number of hydrogen-bond donors (Lipinski definition) is 2. The number of alkyl halides is 3. The van der Waals surface area contributed by atoms with E-state index < -0.39 is 11.7 Å². The average Bonchev–Trinajstić information content (AvgIpc) is 2.54. The fourth-order valence-electron chi connectivity index (χ4n) is 1.99. The Morgan fingerprint density at radius 3 is 2.59 bits per heavy atom. The third-order valence-electron chi connectivity index (χ3n) is 2.81. The molecule has 2 rings (SSSR count). The van der Waals surface area contributed by atoms with E-state index in [0.717, 1.165) is 23.4 Å². The number of benzene rings is 1. The monoisotopic (exact) mass is 243 g/mol. The van der Waals surface area contributed by atoms with Crippen molar-refractivity contribution in [3.63, 3.8) is 0 Å². The fourth-order valence-corrected chi connectivity index (χ4v) is 1.99. The van der Waals surface area contributed by atoms with E-state index in [9.17, 15) is 13.2 Å². The summed E-state index contributed by atoms with van der Waals surface area (Å²) in [6.45, 7) is 1.71. The van der Waals surface area contributed by atoms with Gasteiger partial charge in [0.15, 0.2) is 0 Å². The number of halogens is 3. The van der Waals surface area contributed by atoms with Gasteiger partial charge in [-0.2, -0.15) is 13.2 Å². The average molecular weight is 243 g/mol. The smallest absolute Gasteiger partial charge is 0.396 e. The van der Waals surface area contributed by atoms with E-state index in [1.165, 1.54) is 6.07 Å². The first-order valence-electron chi connectivity index (χ1n) is 5.22. The molecule has 0 atom stereocenters. The van der Waals surface area contributed by atoms with Crippen LogP contribution in [0.3, 0.4) is 0 Å². The second-order valence-electron chi connectivity index (χ2n) is 3.96. The molecule has 92 valence electrons. The highest BCUT2D eigenvalue weighted by Gasteiger charge is 2.30. The first-order valence-corrected chi connectivity index (χ1v) is 5.22. The number of aromatic nitrogens is 1. The van der Waals surface area contributed by atoms with Crippen molar-refractivity contribution < 1.29 is 18.3 Å². The molecule has 5 heteroatoms. The summed E-state index contributed by atoms with van der Waals surface area (Å²) < 4.78 is 37.7. The summed E-state index contributed by atoms with van der Waals surface area (Å²) in [7, 11) is 0. The highest BCUT2D eigenvalue weighted by atomic mass is 19.4. The Labute approximate surface area is 96.1 Å². The first-order chi connectivity index (χ1) is 7.93. The van der Waals surface area contributed by atoms with E-state index in [2.05, 4.69) is 4.98 Å². The van der Waals surface area contributed by atoms with E-state index in [4.69, 9.17) is 5.11 Å². The van der Waals surface area contributed by atoms with E-state index in [1.54, 1.807) is 6.92 Å². The maximum Gasteiger partial charge on any atom is 0.416 e. The highest BCUT2D eigenvalue weighted by Crippen LogP contribution is 2.33. The summed E-state index contributed by atoms with van der Waals surface area (Å²) in [5.41, 5.74) is 1.55. The summed E-state index contributed by atoms with van der Waals surface area (Å²) in [6, 6.07) is 3.61. The van der Waals surface area contributed by atoms with Crippen molar-refractivity contribution in [3.8, 4) is 0 Å². The molecule has 0 amide bonds. The number of nitrogens with one attached hydrogen (secondary N) is 1. The number of aryl methyl sites for hydroxylation is 1. The molecule has 0 saturated carbocycles. The summed E-state index contributed by atoms with van der Waals surface area (Å²) in [4.78, 5) is 3.01. The Kier molecular flexibility index (Phi) is 2.87. The molecule has 0 fully saturated rings. The largest absolute Gasteiger partial charge is 0.416 e. The molecule has 0 aliphatic carbocycles. The number of aromatic amines is 1. The fraction of sp³-hybridized carbons (Fsp3) is 0.333. The lowest BCUT2D eigenvalue weighted by atomic mass is 10.1. The topological polar surface area (TPSA) is 36.0 Å². The van der Waals surface area contributed by atoms with Crippen LogP contribution in [0.15, 0.2) is 18.2 Å². The van der Waals surface area contributed by atoms with Crippen LogP contribution in [0.4, 0.5) is 13.2 Å². The van der Waals surface area contributed by atoms with Crippen molar-refractivity contribution in [1.29, 1.82) is 0 Å². The van der Waals surface area contributed by atoms with E-state index in [1.807, 2.05) is 0 Å². The van der Waals surface area contributed by atoms with Crippen LogP contribution in [0, 0.1) is 6.92 Å². The van der Waals surface area contributed by atoms with Gasteiger partial charge in [-0.3, -0.25) is 0 Å². The number of rotatable bonds is 2. The van der Waals surface area contributed by atoms with Crippen molar-refractivity contribution in [2.45, 2.75) is 19.5 Å². The molecule has 1 aromatic carbocycles. The van der Waals surface area contributed by atoms with Crippen LogP contribution in [-0.4, -0.2) is 16.7 Å². The third kappa shape index (κ3) is 2.15.